The van der Waals surface area contributed by atoms with E-state index in [1.807, 2.05) is 31.2 Å². The summed E-state index contributed by atoms with van der Waals surface area (Å²) in [6.45, 7) is 5.13. The van der Waals surface area contributed by atoms with Crippen molar-refractivity contribution in [3.63, 3.8) is 0 Å². The lowest BCUT2D eigenvalue weighted by Gasteiger charge is -2.33. The second-order valence-electron chi connectivity index (χ2n) is 8.18. The first kappa shape index (κ1) is 21.8. The number of aromatic nitrogens is 1. The molecule has 0 radical (unpaired) electrons. The summed E-state index contributed by atoms with van der Waals surface area (Å²) in [5.74, 6) is 4.95. The molecule has 7 nitrogen and oxygen atoms in total. The van der Waals surface area contributed by atoms with Crippen LogP contribution in [0.2, 0.25) is 0 Å². The van der Waals surface area contributed by atoms with Crippen LogP contribution in [0.15, 0.2) is 51.8 Å². The molecule has 3 aromatic rings. The van der Waals surface area contributed by atoms with E-state index in [2.05, 4.69) is 27.6 Å². The molecule has 3 N–H and O–H groups in total. The maximum atomic E-state index is 13.3. The Morgan fingerprint density at radius 1 is 1.16 bits per heavy atom. The molecule has 32 heavy (non-hydrogen) atoms. The Labute approximate surface area is 185 Å². The molecule has 0 aliphatic carbocycles. The van der Waals surface area contributed by atoms with Crippen molar-refractivity contribution in [2.45, 2.75) is 32.3 Å². The number of anilines is 1. The maximum absolute atomic E-state index is 13.3. The Morgan fingerprint density at radius 3 is 2.59 bits per heavy atom. The summed E-state index contributed by atoms with van der Waals surface area (Å²) in [4.78, 5) is 25.2. The van der Waals surface area contributed by atoms with Gasteiger partial charge in [0.25, 0.3) is 5.91 Å². The topological polar surface area (TPSA) is 104 Å². The summed E-state index contributed by atoms with van der Waals surface area (Å²) < 4.78 is 4.75. The quantitative estimate of drug-likeness (QED) is 0.551. The number of carbonyl (C=O) groups is 1. The summed E-state index contributed by atoms with van der Waals surface area (Å²) >= 11 is 0. The lowest BCUT2D eigenvalue weighted by atomic mass is 9.80. The van der Waals surface area contributed by atoms with Gasteiger partial charge in [-0.15, -0.1) is 0 Å². The average Bonchev–Trinajstić information content (AvgIpc) is 2.81. The molecular formula is C25H25N3O4. The molecule has 1 unspecified atom stereocenters. The highest BCUT2D eigenvalue weighted by Gasteiger charge is 2.43. The summed E-state index contributed by atoms with van der Waals surface area (Å²) in [7, 11) is 0. The van der Waals surface area contributed by atoms with E-state index in [0.717, 1.165) is 11.1 Å². The molecule has 0 spiro atoms. The third-order valence-corrected chi connectivity index (χ3v) is 5.88. The van der Waals surface area contributed by atoms with Crippen LogP contribution in [0.25, 0.3) is 10.8 Å². The van der Waals surface area contributed by atoms with Gasteiger partial charge in [-0.2, -0.15) is 0 Å². The molecule has 1 amide bonds. The predicted octanol–water partition coefficient (Wildman–Crippen LogP) is 2.53. The van der Waals surface area contributed by atoms with Crippen molar-refractivity contribution in [3.8, 4) is 11.8 Å². The zero-order valence-corrected chi connectivity index (χ0v) is 18.1. The predicted molar refractivity (Wildman–Crippen MR) is 122 cm³/mol. The van der Waals surface area contributed by atoms with Crippen molar-refractivity contribution >= 4 is 22.4 Å². The van der Waals surface area contributed by atoms with Crippen LogP contribution in [-0.2, 0) is 4.79 Å². The Kier molecular flexibility index (Phi) is 6.08. The fraction of sp³-hybridized carbons (Fsp3) is 0.320. The average molecular weight is 431 g/mol. The zero-order chi connectivity index (χ0) is 22.7. The van der Waals surface area contributed by atoms with Crippen LogP contribution in [0.5, 0.6) is 0 Å². The van der Waals surface area contributed by atoms with Gasteiger partial charge in [0.15, 0.2) is 0 Å². The van der Waals surface area contributed by atoms with E-state index in [1.54, 1.807) is 25.1 Å². The molecule has 1 saturated heterocycles. The Balaban J connectivity index is 1.67. The highest BCUT2D eigenvalue weighted by molar-refractivity contribution is 6.01. The number of amides is 1. The molecule has 0 saturated carbocycles. The molecule has 2 heterocycles. The van der Waals surface area contributed by atoms with Gasteiger partial charge in [-0.1, -0.05) is 34.7 Å². The van der Waals surface area contributed by atoms with E-state index in [0.29, 0.717) is 48.1 Å². The number of fused-ring (bicyclic) bond motifs is 1. The molecule has 2 aromatic carbocycles. The number of hydrogen-bond donors (Lipinski definition) is 3. The summed E-state index contributed by atoms with van der Waals surface area (Å²) in [6, 6.07) is 12.5. The van der Waals surface area contributed by atoms with Crippen molar-refractivity contribution in [3.05, 3.63) is 69.7 Å². The normalized spacial score (nSPS) is 16.1. The van der Waals surface area contributed by atoms with Crippen molar-refractivity contribution < 1.29 is 14.4 Å². The van der Waals surface area contributed by atoms with Gasteiger partial charge in [0.05, 0.1) is 11.1 Å². The lowest BCUT2D eigenvalue weighted by molar-refractivity contribution is -0.133. The van der Waals surface area contributed by atoms with Crippen molar-refractivity contribution in [2.75, 3.05) is 18.4 Å². The Hall–Kier alpha value is -3.47. The summed E-state index contributed by atoms with van der Waals surface area (Å²) in [5, 5.41) is 22.2. The van der Waals surface area contributed by atoms with Gasteiger partial charge in [-0.05, 0) is 70.1 Å². The SMILES string of the molecule is Cc1ccc(C#CC(O)(C(=O)Nc2ccc3c(=O)onc(C)c3c2)C2CCNCC2)cc1. The van der Waals surface area contributed by atoms with Crippen LogP contribution in [0.4, 0.5) is 5.69 Å². The summed E-state index contributed by atoms with van der Waals surface area (Å²) in [6.07, 6.45) is 1.27. The van der Waals surface area contributed by atoms with Gasteiger partial charge >= 0.3 is 5.63 Å². The molecule has 1 fully saturated rings. The number of hydrogen-bond acceptors (Lipinski definition) is 6. The molecular weight excluding hydrogens is 406 g/mol. The Morgan fingerprint density at radius 2 is 1.88 bits per heavy atom. The van der Waals surface area contributed by atoms with E-state index in [4.69, 9.17) is 4.52 Å². The molecule has 164 valence electrons. The van der Waals surface area contributed by atoms with Crippen LogP contribution in [0, 0.1) is 31.6 Å². The second kappa shape index (κ2) is 8.95. The maximum Gasteiger partial charge on any atom is 0.366 e. The third-order valence-electron chi connectivity index (χ3n) is 5.88. The summed E-state index contributed by atoms with van der Waals surface area (Å²) in [5.41, 5.74) is 0.418. The molecule has 1 aliphatic rings. The minimum atomic E-state index is -1.86. The highest BCUT2D eigenvalue weighted by Crippen LogP contribution is 2.28. The number of aryl methyl sites for hydroxylation is 2. The molecule has 1 atom stereocenters. The number of benzene rings is 2. The van der Waals surface area contributed by atoms with E-state index in [9.17, 15) is 14.7 Å². The van der Waals surface area contributed by atoms with E-state index < -0.39 is 17.1 Å². The largest absolute Gasteiger partial charge is 0.369 e. The molecule has 4 rings (SSSR count). The van der Waals surface area contributed by atoms with Crippen LogP contribution in [0.1, 0.15) is 29.7 Å². The van der Waals surface area contributed by atoms with Crippen LogP contribution >= 0.6 is 0 Å². The first-order chi connectivity index (χ1) is 15.4. The van der Waals surface area contributed by atoms with Crippen molar-refractivity contribution in [1.29, 1.82) is 0 Å². The van der Waals surface area contributed by atoms with E-state index >= 15 is 0 Å². The van der Waals surface area contributed by atoms with Gasteiger partial charge in [0.2, 0.25) is 5.60 Å². The number of carbonyl (C=O) groups excluding carboxylic acids is 1. The minimum Gasteiger partial charge on any atom is -0.369 e. The number of rotatable bonds is 3. The minimum absolute atomic E-state index is 0.308. The number of aliphatic hydroxyl groups is 1. The van der Waals surface area contributed by atoms with Crippen molar-refractivity contribution in [1.82, 2.24) is 10.5 Å². The lowest BCUT2D eigenvalue weighted by Crippen LogP contribution is -2.51. The van der Waals surface area contributed by atoms with Crippen LogP contribution < -0.4 is 16.3 Å². The van der Waals surface area contributed by atoms with Crippen LogP contribution in [0.3, 0.4) is 0 Å². The smallest absolute Gasteiger partial charge is 0.366 e. The monoisotopic (exact) mass is 431 g/mol. The van der Waals surface area contributed by atoms with Crippen LogP contribution in [-0.4, -0.2) is 34.9 Å². The van der Waals surface area contributed by atoms with Crippen molar-refractivity contribution in [2.24, 2.45) is 5.92 Å². The number of nitrogens with zero attached hydrogens (tertiary/aromatic N) is 1. The molecule has 7 heteroatoms. The van der Waals surface area contributed by atoms with Gasteiger partial charge in [-0.25, -0.2) is 4.79 Å². The second-order valence-corrected chi connectivity index (χ2v) is 8.18. The highest BCUT2D eigenvalue weighted by atomic mass is 16.5. The fourth-order valence-corrected chi connectivity index (χ4v) is 3.92. The molecule has 0 bridgehead atoms. The third kappa shape index (κ3) is 4.42. The Bertz CT molecular complexity index is 1260. The first-order valence-corrected chi connectivity index (χ1v) is 10.6. The first-order valence-electron chi connectivity index (χ1n) is 10.6. The standard InChI is InChI=1S/C25H25N3O4/c1-16-3-5-18(6-4-16)9-12-25(31,19-10-13-26-14-11-19)24(30)27-20-7-8-21-22(15-20)17(2)28-32-23(21)29/h3-8,15,19,26,31H,10-11,13-14H2,1-2H3,(H,27,30). The van der Waals surface area contributed by atoms with Gasteiger partial charge in [0.1, 0.15) is 0 Å². The van der Waals surface area contributed by atoms with Gasteiger partial charge in [-0.3, -0.25) is 4.79 Å². The number of nitrogens with one attached hydrogen (secondary N) is 2. The molecule has 1 aromatic heterocycles. The fourth-order valence-electron chi connectivity index (χ4n) is 3.92. The van der Waals surface area contributed by atoms with Gasteiger partial charge < -0.3 is 20.3 Å². The van der Waals surface area contributed by atoms with E-state index in [-0.39, 0.29) is 5.92 Å². The van der Waals surface area contributed by atoms with E-state index in [1.165, 1.54) is 0 Å². The van der Waals surface area contributed by atoms with Gasteiger partial charge in [0, 0.05) is 22.6 Å². The zero-order valence-electron chi connectivity index (χ0n) is 18.1. The molecule has 1 aliphatic heterocycles. The number of piperidine rings is 1.